The SMILES string of the molecule is CC(=O)N1CCN(CCCOc2ccc3c(c2)N(Cc2ccccc2)C(=O)CC3)CC1. The average Bonchev–Trinajstić information content (AvgIpc) is 2.79. The van der Waals surface area contributed by atoms with Crippen LogP contribution in [0.5, 0.6) is 5.75 Å². The number of aryl methyl sites for hydroxylation is 1. The Bertz CT molecular complexity index is 907. The van der Waals surface area contributed by atoms with E-state index in [0.29, 0.717) is 19.6 Å². The lowest BCUT2D eigenvalue weighted by atomic mass is 10.00. The molecule has 6 nitrogen and oxygen atoms in total. The van der Waals surface area contributed by atoms with Crippen LogP contribution in [0.2, 0.25) is 0 Å². The zero-order valence-electron chi connectivity index (χ0n) is 18.3. The Kier molecular flexibility index (Phi) is 6.87. The van der Waals surface area contributed by atoms with E-state index in [1.165, 1.54) is 5.56 Å². The number of piperazine rings is 1. The molecule has 2 heterocycles. The number of carbonyl (C=O) groups is 2. The van der Waals surface area contributed by atoms with Gasteiger partial charge in [-0.2, -0.15) is 0 Å². The normalized spacial score (nSPS) is 16.9. The largest absolute Gasteiger partial charge is 0.493 e. The molecule has 0 aliphatic carbocycles. The number of fused-ring (bicyclic) bond motifs is 1. The summed E-state index contributed by atoms with van der Waals surface area (Å²) in [5, 5.41) is 0. The third kappa shape index (κ3) is 5.44. The predicted molar refractivity (Wildman–Crippen MR) is 121 cm³/mol. The molecule has 164 valence electrons. The van der Waals surface area contributed by atoms with Crippen LogP contribution in [0.3, 0.4) is 0 Å². The average molecular weight is 422 g/mol. The van der Waals surface area contributed by atoms with E-state index >= 15 is 0 Å². The quantitative estimate of drug-likeness (QED) is 0.645. The maximum absolute atomic E-state index is 12.6. The van der Waals surface area contributed by atoms with E-state index in [2.05, 4.69) is 23.1 Å². The van der Waals surface area contributed by atoms with Crippen molar-refractivity contribution >= 4 is 17.5 Å². The Morgan fingerprint density at radius 2 is 1.77 bits per heavy atom. The van der Waals surface area contributed by atoms with Gasteiger partial charge in [-0.1, -0.05) is 36.4 Å². The molecule has 2 aliphatic heterocycles. The van der Waals surface area contributed by atoms with Crippen LogP contribution >= 0.6 is 0 Å². The van der Waals surface area contributed by atoms with Gasteiger partial charge in [0.15, 0.2) is 0 Å². The van der Waals surface area contributed by atoms with E-state index < -0.39 is 0 Å². The van der Waals surface area contributed by atoms with Crippen molar-refractivity contribution in [2.45, 2.75) is 32.7 Å². The fourth-order valence-electron chi connectivity index (χ4n) is 4.31. The number of hydrogen-bond acceptors (Lipinski definition) is 4. The first-order valence-corrected chi connectivity index (χ1v) is 11.2. The van der Waals surface area contributed by atoms with Crippen LogP contribution in [0.1, 0.15) is 30.9 Å². The number of ether oxygens (including phenoxy) is 1. The maximum Gasteiger partial charge on any atom is 0.227 e. The summed E-state index contributed by atoms with van der Waals surface area (Å²) in [7, 11) is 0. The lowest BCUT2D eigenvalue weighted by Crippen LogP contribution is -2.48. The van der Waals surface area contributed by atoms with Crippen molar-refractivity contribution < 1.29 is 14.3 Å². The van der Waals surface area contributed by atoms with E-state index in [0.717, 1.165) is 62.6 Å². The minimum Gasteiger partial charge on any atom is -0.493 e. The van der Waals surface area contributed by atoms with Crippen LogP contribution in [0.25, 0.3) is 0 Å². The van der Waals surface area contributed by atoms with Crippen LogP contribution in [0.15, 0.2) is 48.5 Å². The van der Waals surface area contributed by atoms with Gasteiger partial charge >= 0.3 is 0 Å². The Balaban J connectivity index is 1.31. The highest BCUT2D eigenvalue weighted by atomic mass is 16.5. The Labute approximate surface area is 184 Å². The van der Waals surface area contributed by atoms with Crippen LogP contribution < -0.4 is 9.64 Å². The van der Waals surface area contributed by atoms with E-state index in [9.17, 15) is 9.59 Å². The topological polar surface area (TPSA) is 53.1 Å². The molecule has 0 unspecified atom stereocenters. The van der Waals surface area contributed by atoms with Crippen LogP contribution in [-0.2, 0) is 22.6 Å². The van der Waals surface area contributed by atoms with E-state index in [1.807, 2.05) is 40.1 Å². The number of amides is 2. The summed E-state index contributed by atoms with van der Waals surface area (Å²) in [6.07, 6.45) is 2.27. The van der Waals surface area contributed by atoms with Gasteiger partial charge in [-0.15, -0.1) is 0 Å². The van der Waals surface area contributed by atoms with Gasteiger partial charge in [0, 0.05) is 52.1 Å². The molecule has 2 aromatic carbocycles. The minimum atomic E-state index is 0.162. The Hall–Kier alpha value is -2.86. The number of hydrogen-bond donors (Lipinski definition) is 0. The van der Waals surface area contributed by atoms with Crippen molar-refractivity contribution in [1.29, 1.82) is 0 Å². The molecular formula is C25H31N3O3. The molecule has 0 radical (unpaired) electrons. The number of rotatable bonds is 7. The summed E-state index contributed by atoms with van der Waals surface area (Å²) in [6, 6.07) is 16.2. The van der Waals surface area contributed by atoms with E-state index in [-0.39, 0.29) is 11.8 Å². The van der Waals surface area contributed by atoms with Gasteiger partial charge in [0.1, 0.15) is 5.75 Å². The molecule has 6 heteroatoms. The molecule has 2 amide bonds. The summed E-state index contributed by atoms with van der Waals surface area (Å²) in [6.45, 7) is 7.30. The predicted octanol–water partition coefficient (Wildman–Crippen LogP) is 3.10. The summed E-state index contributed by atoms with van der Waals surface area (Å²) in [5.41, 5.74) is 3.30. The van der Waals surface area contributed by atoms with E-state index in [4.69, 9.17) is 4.74 Å². The molecule has 1 saturated heterocycles. The monoisotopic (exact) mass is 421 g/mol. The van der Waals surface area contributed by atoms with Gasteiger partial charge < -0.3 is 14.5 Å². The highest BCUT2D eigenvalue weighted by Gasteiger charge is 2.25. The zero-order chi connectivity index (χ0) is 21.6. The Morgan fingerprint density at radius 1 is 1.00 bits per heavy atom. The number of carbonyl (C=O) groups excluding carboxylic acids is 2. The molecule has 31 heavy (non-hydrogen) atoms. The number of benzene rings is 2. The molecule has 2 aromatic rings. The fraction of sp³-hybridized carbons (Fsp3) is 0.440. The maximum atomic E-state index is 12.6. The van der Waals surface area contributed by atoms with Gasteiger partial charge in [0.25, 0.3) is 0 Å². The molecule has 0 bridgehead atoms. The first kappa shape index (κ1) is 21.4. The van der Waals surface area contributed by atoms with Crippen molar-refractivity contribution in [2.24, 2.45) is 0 Å². The van der Waals surface area contributed by atoms with Gasteiger partial charge in [0.05, 0.1) is 18.8 Å². The van der Waals surface area contributed by atoms with Crippen molar-refractivity contribution in [3.63, 3.8) is 0 Å². The van der Waals surface area contributed by atoms with Gasteiger partial charge in [-0.05, 0) is 30.0 Å². The number of nitrogens with zero attached hydrogens (tertiary/aromatic N) is 3. The van der Waals surface area contributed by atoms with Gasteiger partial charge in [0.2, 0.25) is 11.8 Å². The summed E-state index contributed by atoms with van der Waals surface area (Å²) in [5.74, 6) is 1.14. The van der Waals surface area contributed by atoms with Crippen molar-refractivity contribution in [3.05, 3.63) is 59.7 Å². The smallest absolute Gasteiger partial charge is 0.227 e. The zero-order valence-corrected chi connectivity index (χ0v) is 18.3. The lowest BCUT2D eigenvalue weighted by Gasteiger charge is -2.34. The van der Waals surface area contributed by atoms with Gasteiger partial charge in [-0.25, -0.2) is 0 Å². The van der Waals surface area contributed by atoms with Crippen molar-refractivity contribution in [2.75, 3.05) is 44.2 Å². The number of anilines is 1. The molecule has 1 fully saturated rings. The third-order valence-corrected chi connectivity index (χ3v) is 6.15. The highest BCUT2D eigenvalue weighted by molar-refractivity contribution is 5.96. The summed E-state index contributed by atoms with van der Waals surface area (Å²) >= 11 is 0. The molecule has 0 aromatic heterocycles. The van der Waals surface area contributed by atoms with E-state index in [1.54, 1.807) is 6.92 Å². The molecule has 0 spiro atoms. The fourth-order valence-corrected chi connectivity index (χ4v) is 4.31. The minimum absolute atomic E-state index is 0.162. The summed E-state index contributed by atoms with van der Waals surface area (Å²) < 4.78 is 6.03. The lowest BCUT2D eigenvalue weighted by molar-refractivity contribution is -0.130. The molecule has 0 N–H and O–H groups in total. The first-order valence-electron chi connectivity index (χ1n) is 11.2. The van der Waals surface area contributed by atoms with Crippen LogP contribution in [0, 0.1) is 0 Å². The first-order chi connectivity index (χ1) is 15.1. The molecule has 0 atom stereocenters. The molecule has 4 rings (SSSR count). The van der Waals surface area contributed by atoms with Crippen molar-refractivity contribution in [1.82, 2.24) is 9.80 Å². The standard InChI is InChI=1S/C25H31N3O3/c1-20(29)27-15-13-26(14-16-27)12-5-17-31-23-10-8-22-9-11-25(30)28(24(22)18-23)19-21-6-3-2-4-7-21/h2-4,6-8,10,18H,5,9,11-17,19H2,1H3. The van der Waals surface area contributed by atoms with Crippen LogP contribution in [0.4, 0.5) is 5.69 Å². The molecule has 2 aliphatic rings. The molecular weight excluding hydrogens is 390 g/mol. The Morgan fingerprint density at radius 3 is 2.52 bits per heavy atom. The second-order valence-corrected chi connectivity index (χ2v) is 8.31. The second kappa shape index (κ2) is 9.96. The van der Waals surface area contributed by atoms with Crippen LogP contribution in [-0.4, -0.2) is 60.9 Å². The second-order valence-electron chi connectivity index (χ2n) is 8.31. The highest BCUT2D eigenvalue weighted by Crippen LogP contribution is 2.32. The van der Waals surface area contributed by atoms with Gasteiger partial charge in [-0.3, -0.25) is 14.5 Å². The van der Waals surface area contributed by atoms with Crippen molar-refractivity contribution in [3.8, 4) is 5.75 Å². The molecule has 0 saturated carbocycles. The third-order valence-electron chi connectivity index (χ3n) is 6.15. The summed E-state index contributed by atoms with van der Waals surface area (Å²) in [4.78, 5) is 30.2.